The lowest BCUT2D eigenvalue weighted by atomic mass is 10.1. The molecule has 0 aliphatic rings. The van der Waals surface area contributed by atoms with Gasteiger partial charge in [0.15, 0.2) is 0 Å². The van der Waals surface area contributed by atoms with E-state index in [2.05, 4.69) is 28.7 Å². The Bertz CT molecular complexity index is 302. The van der Waals surface area contributed by atoms with E-state index in [9.17, 15) is 0 Å². The van der Waals surface area contributed by atoms with Crippen LogP contribution in [0.25, 0.3) is 0 Å². The number of aryl methyl sites for hydroxylation is 1. The predicted molar refractivity (Wildman–Crippen MR) is 63.9 cm³/mol. The minimum absolute atomic E-state index is 0.536. The van der Waals surface area contributed by atoms with Crippen LogP contribution in [0.3, 0.4) is 0 Å². The number of nitrogen functional groups attached to an aromatic ring is 1. The molecule has 1 heterocycles. The predicted octanol–water partition coefficient (Wildman–Crippen LogP) is 1.85. The van der Waals surface area contributed by atoms with E-state index in [0.717, 1.165) is 24.6 Å². The van der Waals surface area contributed by atoms with Gasteiger partial charge in [-0.15, -0.1) is 0 Å². The van der Waals surface area contributed by atoms with Crippen molar-refractivity contribution in [1.29, 1.82) is 0 Å². The van der Waals surface area contributed by atoms with Crippen LogP contribution in [0.2, 0.25) is 0 Å². The Morgan fingerprint density at radius 2 is 2.07 bits per heavy atom. The highest BCUT2D eigenvalue weighted by Crippen LogP contribution is 2.13. The summed E-state index contributed by atoms with van der Waals surface area (Å²) in [5, 5.41) is 0. The maximum atomic E-state index is 5.68. The molecular formula is C11H20N4. The van der Waals surface area contributed by atoms with Gasteiger partial charge in [-0.1, -0.05) is 13.8 Å². The lowest BCUT2D eigenvalue weighted by Gasteiger charge is -2.19. The third-order valence-corrected chi connectivity index (χ3v) is 2.28. The molecule has 0 saturated carbocycles. The van der Waals surface area contributed by atoms with Crippen molar-refractivity contribution in [2.24, 2.45) is 5.92 Å². The SMILES string of the molecule is Cc1nc(N)cc(N(C)CCC(C)C)n1. The van der Waals surface area contributed by atoms with Crippen LogP contribution in [0, 0.1) is 12.8 Å². The standard InChI is InChI=1S/C11H20N4/c1-8(2)5-6-15(4)11-7-10(12)13-9(3)14-11/h7-8H,5-6H2,1-4H3,(H2,12,13,14). The summed E-state index contributed by atoms with van der Waals surface area (Å²) in [6.07, 6.45) is 1.15. The third-order valence-electron chi connectivity index (χ3n) is 2.28. The van der Waals surface area contributed by atoms with Gasteiger partial charge in [0.25, 0.3) is 0 Å². The molecule has 0 fully saturated rings. The van der Waals surface area contributed by atoms with Crippen molar-refractivity contribution < 1.29 is 0 Å². The monoisotopic (exact) mass is 208 g/mol. The van der Waals surface area contributed by atoms with Crippen LogP contribution in [-0.4, -0.2) is 23.6 Å². The molecule has 0 aromatic carbocycles. The Morgan fingerprint density at radius 1 is 1.40 bits per heavy atom. The van der Waals surface area contributed by atoms with E-state index in [1.807, 2.05) is 20.0 Å². The van der Waals surface area contributed by atoms with Gasteiger partial charge in [0, 0.05) is 19.7 Å². The van der Waals surface area contributed by atoms with Gasteiger partial charge in [-0.05, 0) is 19.3 Å². The number of hydrogen-bond donors (Lipinski definition) is 1. The maximum Gasteiger partial charge on any atom is 0.134 e. The van der Waals surface area contributed by atoms with Gasteiger partial charge in [-0.25, -0.2) is 9.97 Å². The average molecular weight is 208 g/mol. The van der Waals surface area contributed by atoms with Crippen LogP contribution in [0.4, 0.5) is 11.6 Å². The third kappa shape index (κ3) is 3.73. The summed E-state index contributed by atoms with van der Waals surface area (Å²) < 4.78 is 0. The van der Waals surface area contributed by atoms with Gasteiger partial charge in [0.1, 0.15) is 17.5 Å². The van der Waals surface area contributed by atoms with Crippen molar-refractivity contribution >= 4 is 11.6 Å². The number of nitrogens with zero attached hydrogens (tertiary/aromatic N) is 3. The molecule has 84 valence electrons. The van der Waals surface area contributed by atoms with E-state index in [1.54, 1.807) is 0 Å². The van der Waals surface area contributed by atoms with Crippen molar-refractivity contribution in [2.45, 2.75) is 27.2 Å². The molecule has 4 nitrogen and oxygen atoms in total. The highest BCUT2D eigenvalue weighted by atomic mass is 15.2. The second kappa shape index (κ2) is 4.96. The Morgan fingerprint density at radius 3 is 2.60 bits per heavy atom. The first-order valence-electron chi connectivity index (χ1n) is 5.31. The molecule has 1 aromatic heterocycles. The molecule has 0 saturated heterocycles. The first-order valence-corrected chi connectivity index (χ1v) is 5.31. The Kier molecular flexibility index (Phi) is 3.88. The fourth-order valence-corrected chi connectivity index (χ4v) is 1.34. The maximum absolute atomic E-state index is 5.68. The Hall–Kier alpha value is -1.32. The molecule has 1 aromatic rings. The first kappa shape index (κ1) is 11.8. The number of anilines is 2. The molecule has 1 rings (SSSR count). The molecule has 2 N–H and O–H groups in total. The van der Waals surface area contributed by atoms with Crippen LogP contribution in [0.15, 0.2) is 6.07 Å². The number of aromatic nitrogens is 2. The fraction of sp³-hybridized carbons (Fsp3) is 0.636. The molecule has 0 aliphatic heterocycles. The zero-order chi connectivity index (χ0) is 11.4. The normalized spacial score (nSPS) is 10.7. The van der Waals surface area contributed by atoms with Gasteiger partial charge >= 0.3 is 0 Å². The van der Waals surface area contributed by atoms with Gasteiger partial charge in [-0.2, -0.15) is 0 Å². The zero-order valence-corrected chi connectivity index (χ0v) is 9.99. The largest absolute Gasteiger partial charge is 0.384 e. The molecule has 4 heteroatoms. The van der Waals surface area contributed by atoms with E-state index in [4.69, 9.17) is 5.73 Å². The minimum Gasteiger partial charge on any atom is -0.384 e. The molecule has 0 bridgehead atoms. The van der Waals surface area contributed by atoms with Crippen LogP contribution in [0.5, 0.6) is 0 Å². The second-order valence-electron chi connectivity index (χ2n) is 4.30. The summed E-state index contributed by atoms with van der Waals surface area (Å²) in [6.45, 7) is 7.28. The second-order valence-corrected chi connectivity index (χ2v) is 4.30. The van der Waals surface area contributed by atoms with Crippen molar-refractivity contribution in [3.05, 3.63) is 11.9 Å². The lowest BCUT2D eigenvalue weighted by Crippen LogP contribution is -2.21. The highest BCUT2D eigenvalue weighted by molar-refractivity contribution is 5.46. The highest BCUT2D eigenvalue weighted by Gasteiger charge is 2.05. The molecule has 0 atom stereocenters. The Labute approximate surface area is 91.5 Å². The van der Waals surface area contributed by atoms with E-state index < -0.39 is 0 Å². The van der Waals surface area contributed by atoms with E-state index in [1.165, 1.54) is 0 Å². The van der Waals surface area contributed by atoms with Crippen molar-refractivity contribution in [1.82, 2.24) is 9.97 Å². The molecule has 15 heavy (non-hydrogen) atoms. The quantitative estimate of drug-likeness (QED) is 0.820. The van der Waals surface area contributed by atoms with E-state index in [0.29, 0.717) is 11.7 Å². The summed E-state index contributed by atoms with van der Waals surface area (Å²) in [6, 6.07) is 1.81. The smallest absolute Gasteiger partial charge is 0.134 e. The lowest BCUT2D eigenvalue weighted by molar-refractivity contribution is 0.583. The van der Waals surface area contributed by atoms with Crippen LogP contribution in [0.1, 0.15) is 26.1 Å². The van der Waals surface area contributed by atoms with Crippen molar-refractivity contribution in [3.8, 4) is 0 Å². The number of rotatable bonds is 4. The van der Waals surface area contributed by atoms with Crippen LogP contribution < -0.4 is 10.6 Å². The van der Waals surface area contributed by atoms with E-state index in [-0.39, 0.29) is 0 Å². The summed E-state index contributed by atoms with van der Waals surface area (Å²) in [5.41, 5.74) is 5.68. The van der Waals surface area contributed by atoms with Crippen LogP contribution in [-0.2, 0) is 0 Å². The van der Waals surface area contributed by atoms with Gasteiger partial charge in [-0.3, -0.25) is 0 Å². The summed E-state index contributed by atoms with van der Waals surface area (Å²) in [5.74, 6) is 2.86. The average Bonchev–Trinajstić information content (AvgIpc) is 2.12. The molecule has 0 radical (unpaired) electrons. The van der Waals surface area contributed by atoms with Crippen LogP contribution >= 0.6 is 0 Å². The Balaban J connectivity index is 2.68. The van der Waals surface area contributed by atoms with E-state index >= 15 is 0 Å². The number of hydrogen-bond acceptors (Lipinski definition) is 4. The fourth-order valence-electron chi connectivity index (χ4n) is 1.34. The zero-order valence-electron chi connectivity index (χ0n) is 9.99. The minimum atomic E-state index is 0.536. The molecule has 0 unspecified atom stereocenters. The summed E-state index contributed by atoms with van der Waals surface area (Å²) >= 11 is 0. The summed E-state index contributed by atoms with van der Waals surface area (Å²) in [7, 11) is 2.03. The molecule has 0 spiro atoms. The van der Waals surface area contributed by atoms with Gasteiger partial charge < -0.3 is 10.6 Å². The summed E-state index contributed by atoms with van der Waals surface area (Å²) in [4.78, 5) is 10.5. The van der Waals surface area contributed by atoms with Crippen molar-refractivity contribution in [2.75, 3.05) is 24.2 Å². The van der Waals surface area contributed by atoms with Gasteiger partial charge in [0.2, 0.25) is 0 Å². The topological polar surface area (TPSA) is 55.0 Å². The molecule has 0 aliphatic carbocycles. The van der Waals surface area contributed by atoms with Crippen molar-refractivity contribution in [3.63, 3.8) is 0 Å². The molecular weight excluding hydrogens is 188 g/mol. The number of nitrogens with two attached hydrogens (primary N) is 1. The van der Waals surface area contributed by atoms with Gasteiger partial charge in [0.05, 0.1) is 0 Å². The first-order chi connectivity index (χ1) is 6.99. The molecule has 0 amide bonds.